The van der Waals surface area contributed by atoms with E-state index in [1.54, 1.807) is 0 Å². The van der Waals surface area contributed by atoms with Crippen LogP contribution in [0.5, 0.6) is 0 Å². The molecule has 1 aliphatic carbocycles. The lowest BCUT2D eigenvalue weighted by atomic mass is 10.1. The quantitative estimate of drug-likeness (QED) is 0.830. The first-order chi connectivity index (χ1) is 8.53. The summed E-state index contributed by atoms with van der Waals surface area (Å²) in [4.78, 5) is 0. The van der Waals surface area contributed by atoms with Crippen molar-refractivity contribution >= 4 is 0 Å². The van der Waals surface area contributed by atoms with Crippen LogP contribution in [0.15, 0.2) is 24.3 Å². The minimum Gasteiger partial charge on any atom is -0.371 e. The summed E-state index contributed by atoms with van der Waals surface area (Å²) in [6.45, 7) is 9.11. The third-order valence-electron chi connectivity index (χ3n) is 3.12. The van der Waals surface area contributed by atoms with Gasteiger partial charge in [0.1, 0.15) is 0 Å². The lowest BCUT2D eigenvalue weighted by Crippen LogP contribution is -2.19. The molecule has 1 aromatic rings. The van der Waals surface area contributed by atoms with Gasteiger partial charge < -0.3 is 10.1 Å². The Labute approximate surface area is 111 Å². The van der Waals surface area contributed by atoms with Gasteiger partial charge in [-0.2, -0.15) is 0 Å². The molecular weight excluding hydrogens is 222 g/mol. The second kappa shape index (κ2) is 5.85. The van der Waals surface area contributed by atoms with Crippen molar-refractivity contribution in [1.82, 2.24) is 5.32 Å². The Morgan fingerprint density at radius 2 is 1.94 bits per heavy atom. The molecule has 0 atom stereocenters. The number of hydrogen-bond donors (Lipinski definition) is 1. The minimum absolute atomic E-state index is 0.0692. The molecule has 18 heavy (non-hydrogen) atoms. The van der Waals surface area contributed by atoms with Gasteiger partial charge in [-0.3, -0.25) is 0 Å². The van der Waals surface area contributed by atoms with E-state index in [9.17, 15) is 0 Å². The highest BCUT2D eigenvalue weighted by molar-refractivity contribution is 5.22. The molecule has 1 N–H and O–H groups in total. The third-order valence-corrected chi connectivity index (χ3v) is 3.12. The minimum atomic E-state index is -0.0692. The van der Waals surface area contributed by atoms with E-state index in [0.717, 1.165) is 12.5 Å². The Morgan fingerprint density at radius 1 is 1.22 bits per heavy atom. The van der Waals surface area contributed by atoms with Crippen molar-refractivity contribution in [1.29, 1.82) is 0 Å². The van der Waals surface area contributed by atoms with Crippen LogP contribution in [-0.2, 0) is 17.9 Å². The van der Waals surface area contributed by atoms with Crippen molar-refractivity contribution < 1.29 is 4.74 Å². The van der Waals surface area contributed by atoms with Gasteiger partial charge in [0.2, 0.25) is 0 Å². The zero-order chi connectivity index (χ0) is 13.0. The smallest absolute Gasteiger partial charge is 0.0724 e. The number of rotatable bonds is 6. The predicted octanol–water partition coefficient (Wildman–Crippen LogP) is 3.50. The predicted molar refractivity (Wildman–Crippen MR) is 75.4 cm³/mol. The first-order valence-electron chi connectivity index (χ1n) is 6.95. The first-order valence-corrected chi connectivity index (χ1v) is 6.95. The fourth-order valence-electron chi connectivity index (χ4n) is 1.87. The van der Waals surface area contributed by atoms with Crippen molar-refractivity contribution in [2.24, 2.45) is 5.92 Å². The SMILES string of the molecule is CC(C)(C)OCc1cccc(CNCC2CC2)c1. The van der Waals surface area contributed by atoms with E-state index in [1.807, 2.05) is 0 Å². The van der Waals surface area contributed by atoms with Crippen molar-refractivity contribution in [2.45, 2.75) is 52.4 Å². The van der Waals surface area contributed by atoms with E-state index in [2.05, 4.69) is 50.4 Å². The van der Waals surface area contributed by atoms with Crippen LogP contribution in [0, 0.1) is 5.92 Å². The van der Waals surface area contributed by atoms with Crippen LogP contribution >= 0.6 is 0 Å². The van der Waals surface area contributed by atoms with Crippen LogP contribution < -0.4 is 5.32 Å². The molecule has 1 aliphatic rings. The van der Waals surface area contributed by atoms with Gasteiger partial charge in [0.25, 0.3) is 0 Å². The highest BCUT2D eigenvalue weighted by Gasteiger charge is 2.20. The summed E-state index contributed by atoms with van der Waals surface area (Å²) in [7, 11) is 0. The largest absolute Gasteiger partial charge is 0.371 e. The van der Waals surface area contributed by atoms with Gasteiger partial charge in [0, 0.05) is 6.54 Å². The zero-order valence-corrected chi connectivity index (χ0v) is 11.8. The molecule has 0 unspecified atom stereocenters. The molecule has 1 aromatic carbocycles. The van der Waals surface area contributed by atoms with E-state index >= 15 is 0 Å². The number of benzene rings is 1. The van der Waals surface area contributed by atoms with Gasteiger partial charge >= 0.3 is 0 Å². The molecule has 0 spiro atoms. The molecule has 0 aromatic heterocycles. The van der Waals surface area contributed by atoms with E-state index in [4.69, 9.17) is 4.74 Å². The monoisotopic (exact) mass is 247 g/mol. The topological polar surface area (TPSA) is 21.3 Å². The second-order valence-electron chi connectivity index (χ2n) is 6.30. The molecule has 2 heteroatoms. The molecular formula is C16H25NO. The van der Waals surface area contributed by atoms with E-state index in [-0.39, 0.29) is 5.60 Å². The van der Waals surface area contributed by atoms with Gasteiger partial charge in [-0.15, -0.1) is 0 Å². The zero-order valence-electron chi connectivity index (χ0n) is 11.8. The van der Waals surface area contributed by atoms with Crippen molar-refractivity contribution in [3.63, 3.8) is 0 Å². The summed E-state index contributed by atoms with van der Waals surface area (Å²) in [5, 5.41) is 3.52. The molecule has 0 amide bonds. The van der Waals surface area contributed by atoms with Crippen molar-refractivity contribution in [3.05, 3.63) is 35.4 Å². The van der Waals surface area contributed by atoms with E-state index < -0.39 is 0 Å². The first kappa shape index (κ1) is 13.6. The van der Waals surface area contributed by atoms with Crippen molar-refractivity contribution in [3.8, 4) is 0 Å². The molecule has 2 nitrogen and oxygen atoms in total. The standard InChI is InChI=1S/C16H25NO/c1-16(2,3)18-12-15-6-4-5-14(9-15)11-17-10-13-7-8-13/h4-6,9,13,17H,7-8,10-12H2,1-3H3. The molecule has 100 valence electrons. The summed E-state index contributed by atoms with van der Waals surface area (Å²) < 4.78 is 5.80. The van der Waals surface area contributed by atoms with Crippen LogP contribution in [-0.4, -0.2) is 12.1 Å². The summed E-state index contributed by atoms with van der Waals surface area (Å²) in [5.74, 6) is 0.942. The van der Waals surface area contributed by atoms with Crippen LogP contribution in [0.2, 0.25) is 0 Å². The highest BCUT2D eigenvalue weighted by Crippen LogP contribution is 2.27. The lowest BCUT2D eigenvalue weighted by Gasteiger charge is -2.19. The van der Waals surface area contributed by atoms with Gasteiger partial charge in [0.05, 0.1) is 12.2 Å². The average molecular weight is 247 g/mol. The molecule has 0 radical (unpaired) electrons. The van der Waals surface area contributed by atoms with E-state index in [0.29, 0.717) is 6.61 Å². The Hall–Kier alpha value is -0.860. The number of hydrogen-bond acceptors (Lipinski definition) is 2. The number of nitrogens with one attached hydrogen (secondary N) is 1. The summed E-state index contributed by atoms with van der Waals surface area (Å²) in [6.07, 6.45) is 2.82. The summed E-state index contributed by atoms with van der Waals surface area (Å²) in [6, 6.07) is 8.68. The summed E-state index contributed by atoms with van der Waals surface area (Å²) >= 11 is 0. The molecule has 1 fully saturated rings. The molecule has 0 heterocycles. The van der Waals surface area contributed by atoms with Crippen LogP contribution in [0.25, 0.3) is 0 Å². The van der Waals surface area contributed by atoms with Gasteiger partial charge in [0.15, 0.2) is 0 Å². The molecule has 2 rings (SSSR count). The van der Waals surface area contributed by atoms with Crippen LogP contribution in [0.4, 0.5) is 0 Å². The molecule has 0 aliphatic heterocycles. The Kier molecular flexibility index (Phi) is 4.41. The maximum Gasteiger partial charge on any atom is 0.0724 e. The fourth-order valence-corrected chi connectivity index (χ4v) is 1.87. The fraction of sp³-hybridized carbons (Fsp3) is 0.625. The maximum atomic E-state index is 5.80. The average Bonchev–Trinajstić information content (AvgIpc) is 3.10. The van der Waals surface area contributed by atoms with E-state index in [1.165, 1.54) is 30.5 Å². The maximum absolute atomic E-state index is 5.80. The third kappa shape index (κ3) is 5.19. The molecule has 0 bridgehead atoms. The Bertz CT molecular complexity index is 377. The summed E-state index contributed by atoms with van der Waals surface area (Å²) in [5.41, 5.74) is 2.54. The van der Waals surface area contributed by atoms with Gasteiger partial charge in [-0.1, -0.05) is 24.3 Å². The van der Waals surface area contributed by atoms with Gasteiger partial charge in [-0.25, -0.2) is 0 Å². The lowest BCUT2D eigenvalue weighted by molar-refractivity contribution is -0.0149. The Morgan fingerprint density at radius 3 is 2.61 bits per heavy atom. The number of ether oxygens (including phenoxy) is 1. The normalized spacial score (nSPS) is 15.9. The second-order valence-corrected chi connectivity index (χ2v) is 6.30. The van der Waals surface area contributed by atoms with Crippen LogP contribution in [0.1, 0.15) is 44.7 Å². The van der Waals surface area contributed by atoms with Gasteiger partial charge in [-0.05, 0) is 57.2 Å². The highest BCUT2D eigenvalue weighted by atomic mass is 16.5. The molecule has 0 saturated heterocycles. The Balaban J connectivity index is 1.79. The molecule has 1 saturated carbocycles. The van der Waals surface area contributed by atoms with Crippen LogP contribution in [0.3, 0.4) is 0 Å². The van der Waals surface area contributed by atoms with Crippen molar-refractivity contribution in [2.75, 3.05) is 6.54 Å².